The molecule has 0 unspecified atom stereocenters. The fourth-order valence-electron chi connectivity index (χ4n) is 2.00. The largest absolute Gasteiger partial charge is 0.497 e. The number of benzene rings is 1. The van der Waals surface area contributed by atoms with Crippen LogP contribution in [0, 0.1) is 6.92 Å². The van der Waals surface area contributed by atoms with Crippen molar-refractivity contribution in [2.45, 2.75) is 26.2 Å². The van der Waals surface area contributed by atoms with E-state index in [4.69, 9.17) is 14.6 Å². The van der Waals surface area contributed by atoms with Crippen molar-refractivity contribution >= 4 is 17.3 Å². The van der Waals surface area contributed by atoms with Crippen molar-refractivity contribution < 1.29 is 19.4 Å². The van der Waals surface area contributed by atoms with E-state index in [0.717, 1.165) is 39.9 Å². The summed E-state index contributed by atoms with van der Waals surface area (Å²) in [5, 5.41) is 9.79. The first-order valence-corrected chi connectivity index (χ1v) is 7.84. The van der Waals surface area contributed by atoms with E-state index < -0.39 is 5.97 Å². The number of aliphatic carboxylic acids is 1. The van der Waals surface area contributed by atoms with E-state index in [0.29, 0.717) is 6.61 Å². The fourth-order valence-corrected chi connectivity index (χ4v) is 3.10. The number of ether oxygens (including phenoxy) is 2. The molecule has 5 nitrogen and oxygen atoms in total. The maximum atomic E-state index is 10.7. The van der Waals surface area contributed by atoms with Gasteiger partial charge in [0, 0.05) is 17.4 Å². The molecule has 6 heteroatoms. The molecule has 1 aromatic heterocycles. The number of methoxy groups -OCH3 is 1. The molecule has 0 spiro atoms. The molecule has 0 aliphatic rings. The molecular weight excluding hydrogens is 302 g/mol. The summed E-state index contributed by atoms with van der Waals surface area (Å²) in [5.74, 6) is 0.729. The Morgan fingerprint density at radius 3 is 2.86 bits per heavy atom. The van der Waals surface area contributed by atoms with Crippen molar-refractivity contribution in [1.29, 1.82) is 0 Å². The number of rotatable bonds is 8. The molecule has 0 saturated heterocycles. The number of carboxylic acids is 1. The highest BCUT2D eigenvalue weighted by Crippen LogP contribution is 2.21. The van der Waals surface area contributed by atoms with Gasteiger partial charge in [-0.3, -0.25) is 4.79 Å². The maximum absolute atomic E-state index is 10.7. The van der Waals surface area contributed by atoms with Crippen molar-refractivity contribution in [2.75, 3.05) is 13.7 Å². The van der Waals surface area contributed by atoms with Crippen LogP contribution in [0.5, 0.6) is 11.5 Å². The molecule has 0 amide bonds. The minimum atomic E-state index is -0.820. The Hall–Kier alpha value is -2.08. The van der Waals surface area contributed by atoms with Crippen LogP contribution in [0.25, 0.3) is 0 Å². The van der Waals surface area contributed by atoms with Gasteiger partial charge < -0.3 is 14.6 Å². The van der Waals surface area contributed by atoms with Crippen LogP contribution >= 0.6 is 11.3 Å². The van der Waals surface area contributed by atoms with Crippen molar-refractivity contribution in [3.63, 3.8) is 0 Å². The average Bonchev–Trinajstić information content (AvgIpc) is 2.83. The standard InChI is InChI=1S/C16H19NO4S/c1-11-14(10-16(18)19)22-15(17-11)7-4-8-21-13-6-3-5-12(9-13)20-2/h3,5-6,9H,4,7-8,10H2,1-2H3,(H,18,19). The van der Waals surface area contributed by atoms with Gasteiger partial charge in [-0.2, -0.15) is 0 Å². The van der Waals surface area contributed by atoms with Gasteiger partial charge in [0.1, 0.15) is 11.5 Å². The van der Waals surface area contributed by atoms with E-state index in [1.807, 2.05) is 31.2 Å². The Morgan fingerprint density at radius 2 is 2.14 bits per heavy atom. The van der Waals surface area contributed by atoms with Gasteiger partial charge in [-0.1, -0.05) is 6.07 Å². The van der Waals surface area contributed by atoms with Crippen LogP contribution in [-0.4, -0.2) is 29.8 Å². The van der Waals surface area contributed by atoms with Crippen molar-refractivity contribution in [3.8, 4) is 11.5 Å². The molecule has 0 fully saturated rings. The Morgan fingerprint density at radius 1 is 1.36 bits per heavy atom. The lowest BCUT2D eigenvalue weighted by Crippen LogP contribution is -1.99. The van der Waals surface area contributed by atoms with Gasteiger partial charge >= 0.3 is 5.97 Å². The summed E-state index contributed by atoms with van der Waals surface area (Å²) >= 11 is 1.47. The van der Waals surface area contributed by atoms with Crippen LogP contribution in [0.3, 0.4) is 0 Å². The SMILES string of the molecule is COc1cccc(OCCCc2nc(C)c(CC(=O)O)s2)c1. The predicted octanol–water partition coefficient (Wildman–Crippen LogP) is 3.10. The van der Waals surface area contributed by atoms with Crippen LogP contribution in [-0.2, 0) is 17.6 Å². The van der Waals surface area contributed by atoms with Crippen LogP contribution < -0.4 is 9.47 Å². The number of hydrogen-bond donors (Lipinski definition) is 1. The van der Waals surface area contributed by atoms with Gasteiger partial charge in [0.05, 0.1) is 30.8 Å². The number of carbonyl (C=O) groups is 1. The van der Waals surface area contributed by atoms with Gasteiger partial charge in [-0.15, -0.1) is 11.3 Å². The second-order valence-corrected chi connectivity index (χ2v) is 5.99. The van der Waals surface area contributed by atoms with Crippen LogP contribution in [0.4, 0.5) is 0 Å². The maximum Gasteiger partial charge on any atom is 0.308 e. The molecule has 0 radical (unpaired) electrons. The minimum Gasteiger partial charge on any atom is -0.497 e. The summed E-state index contributed by atoms with van der Waals surface area (Å²) in [4.78, 5) is 16.0. The summed E-state index contributed by atoms with van der Waals surface area (Å²) in [5.41, 5.74) is 0.816. The molecule has 0 aliphatic heterocycles. The topological polar surface area (TPSA) is 68.7 Å². The second-order valence-electron chi connectivity index (χ2n) is 4.82. The van der Waals surface area contributed by atoms with E-state index >= 15 is 0 Å². The van der Waals surface area contributed by atoms with Crippen molar-refractivity contribution in [2.24, 2.45) is 0 Å². The normalized spacial score (nSPS) is 10.5. The minimum absolute atomic E-state index is 0.0454. The van der Waals surface area contributed by atoms with Gasteiger partial charge in [-0.05, 0) is 25.5 Å². The molecule has 2 aromatic rings. The Kier molecular flexibility index (Phi) is 5.77. The van der Waals surface area contributed by atoms with E-state index in [9.17, 15) is 4.79 Å². The lowest BCUT2D eigenvalue weighted by molar-refractivity contribution is -0.136. The molecule has 0 bridgehead atoms. The van der Waals surface area contributed by atoms with E-state index in [1.54, 1.807) is 7.11 Å². The molecule has 1 heterocycles. The first kappa shape index (κ1) is 16.3. The molecule has 0 atom stereocenters. The van der Waals surface area contributed by atoms with Crippen molar-refractivity contribution in [1.82, 2.24) is 4.98 Å². The molecule has 22 heavy (non-hydrogen) atoms. The number of aryl methyl sites for hydroxylation is 2. The Labute approximate surface area is 133 Å². The molecular formula is C16H19NO4S. The summed E-state index contributed by atoms with van der Waals surface area (Å²) in [7, 11) is 1.62. The third-order valence-corrected chi connectivity index (χ3v) is 4.31. The van der Waals surface area contributed by atoms with Crippen LogP contribution in [0.15, 0.2) is 24.3 Å². The number of hydrogen-bond acceptors (Lipinski definition) is 5. The van der Waals surface area contributed by atoms with Gasteiger partial charge in [0.15, 0.2) is 0 Å². The molecule has 1 N–H and O–H groups in total. The zero-order valence-corrected chi connectivity index (χ0v) is 13.5. The number of thiazole rings is 1. The molecule has 1 aromatic carbocycles. The lowest BCUT2D eigenvalue weighted by Gasteiger charge is -2.06. The van der Waals surface area contributed by atoms with Gasteiger partial charge in [0.25, 0.3) is 0 Å². The summed E-state index contributed by atoms with van der Waals surface area (Å²) < 4.78 is 10.8. The quantitative estimate of drug-likeness (QED) is 0.757. The first-order chi connectivity index (χ1) is 10.6. The zero-order chi connectivity index (χ0) is 15.9. The smallest absolute Gasteiger partial charge is 0.308 e. The highest BCUT2D eigenvalue weighted by molar-refractivity contribution is 7.11. The van der Waals surface area contributed by atoms with Gasteiger partial charge in [-0.25, -0.2) is 4.98 Å². The molecule has 0 aliphatic carbocycles. The zero-order valence-electron chi connectivity index (χ0n) is 12.7. The summed E-state index contributed by atoms with van der Waals surface area (Å²) in [6, 6.07) is 7.49. The molecule has 118 valence electrons. The Balaban J connectivity index is 1.80. The van der Waals surface area contributed by atoms with Crippen LogP contribution in [0.1, 0.15) is 22.0 Å². The van der Waals surface area contributed by atoms with E-state index in [1.165, 1.54) is 11.3 Å². The predicted molar refractivity (Wildman–Crippen MR) is 85.0 cm³/mol. The number of aromatic nitrogens is 1. The average molecular weight is 321 g/mol. The molecule has 0 saturated carbocycles. The van der Waals surface area contributed by atoms with Gasteiger partial charge in [0.2, 0.25) is 0 Å². The second kappa shape index (κ2) is 7.79. The highest BCUT2D eigenvalue weighted by atomic mass is 32.1. The monoisotopic (exact) mass is 321 g/mol. The van der Waals surface area contributed by atoms with Crippen molar-refractivity contribution in [3.05, 3.63) is 39.8 Å². The highest BCUT2D eigenvalue weighted by Gasteiger charge is 2.10. The summed E-state index contributed by atoms with van der Waals surface area (Å²) in [6.45, 7) is 2.44. The number of nitrogens with zero attached hydrogens (tertiary/aromatic N) is 1. The first-order valence-electron chi connectivity index (χ1n) is 7.02. The number of carboxylic acid groups (broad SMARTS) is 1. The van der Waals surface area contributed by atoms with E-state index in [2.05, 4.69) is 4.98 Å². The molecule has 2 rings (SSSR count). The Bertz CT molecular complexity index is 639. The third kappa shape index (κ3) is 4.73. The third-order valence-electron chi connectivity index (χ3n) is 3.09. The van der Waals surface area contributed by atoms with Crippen LogP contribution in [0.2, 0.25) is 0 Å². The summed E-state index contributed by atoms with van der Waals surface area (Å²) in [6.07, 6.45) is 1.66. The van der Waals surface area contributed by atoms with E-state index in [-0.39, 0.29) is 6.42 Å². The lowest BCUT2D eigenvalue weighted by atomic mass is 10.3. The fraction of sp³-hybridized carbons (Fsp3) is 0.375.